The van der Waals surface area contributed by atoms with Gasteiger partial charge in [-0.2, -0.15) is 0 Å². The van der Waals surface area contributed by atoms with Crippen LogP contribution in [-0.4, -0.2) is 47.8 Å². The first kappa shape index (κ1) is 20.5. The Morgan fingerprint density at radius 3 is 2.23 bits per heavy atom. The molecule has 0 saturated carbocycles. The van der Waals surface area contributed by atoms with Crippen LogP contribution in [0.3, 0.4) is 0 Å². The van der Waals surface area contributed by atoms with Crippen molar-refractivity contribution in [3.63, 3.8) is 0 Å². The van der Waals surface area contributed by atoms with Gasteiger partial charge in [0.2, 0.25) is 11.8 Å². The van der Waals surface area contributed by atoms with E-state index in [9.17, 15) is 9.59 Å². The SMILES string of the molecule is CCCCC(CC)C(=O)N1CCN(C(=O)CCCc2ccccc2)CC1. The number of rotatable bonds is 9. The van der Waals surface area contributed by atoms with Gasteiger partial charge in [-0.1, -0.05) is 57.0 Å². The van der Waals surface area contributed by atoms with Gasteiger partial charge in [0.25, 0.3) is 0 Å². The Morgan fingerprint density at radius 2 is 1.62 bits per heavy atom. The summed E-state index contributed by atoms with van der Waals surface area (Å²) >= 11 is 0. The molecule has 0 aliphatic carbocycles. The van der Waals surface area contributed by atoms with Gasteiger partial charge in [-0.05, 0) is 31.2 Å². The average molecular weight is 359 g/mol. The summed E-state index contributed by atoms with van der Waals surface area (Å²) in [6.07, 6.45) is 6.58. The molecule has 4 nitrogen and oxygen atoms in total. The van der Waals surface area contributed by atoms with Crippen LogP contribution in [0.15, 0.2) is 30.3 Å². The predicted octanol–water partition coefficient (Wildman–Crippen LogP) is 3.90. The molecular formula is C22H34N2O2. The van der Waals surface area contributed by atoms with Crippen molar-refractivity contribution < 1.29 is 9.59 Å². The molecule has 0 radical (unpaired) electrons. The lowest BCUT2D eigenvalue weighted by atomic mass is 9.97. The second-order valence-corrected chi connectivity index (χ2v) is 7.29. The third kappa shape index (κ3) is 6.15. The highest BCUT2D eigenvalue weighted by Gasteiger charge is 2.27. The largest absolute Gasteiger partial charge is 0.339 e. The molecule has 1 fully saturated rings. The lowest BCUT2D eigenvalue weighted by Crippen LogP contribution is -2.51. The van der Waals surface area contributed by atoms with E-state index in [2.05, 4.69) is 26.0 Å². The molecule has 1 aromatic carbocycles. The lowest BCUT2D eigenvalue weighted by molar-refractivity contribution is -0.142. The van der Waals surface area contributed by atoms with Crippen LogP contribution in [0.4, 0.5) is 0 Å². The summed E-state index contributed by atoms with van der Waals surface area (Å²) in [5, 5.41) is 0. The second kappa shape index (κ2) is 11.0. The monoisotopic (exact) mass is 358 g/mol. The first-order valence-corrected chi connectivity index (χ1v) is 10.3. The van der Waals surface area contributed by atoms with Crippen molar-refractivity contribution in [3.8, 4) is 0 Å². The summed E-state index contributed by atoms with van der Waals surface area (Å²) in [6.45, 7) is 7.00. The molecule has 1 aromatic rings. The predicted molar refractivity (Wildman–Crippen MR) is 106 cm³/mol. The molecule has 0 bridgehead atoms. The second-order valence-electron chi connectivity index (χ2n) is 7.29. The number of nitrogens with zero attached hydrogens (tertiary/aromatic N) is 2. The minimum atomic E-state index is 0.156. The van der Waals surface area contributed by atoms with Crippen molar-refractivity contribution in [1.82, 2.24) is 9.80 Å². The molecule has 0 aromatic heterocycles. The number of carbonyl (C=O) groups excluding carboxylic acids is 2. The van der Waals surface area contributed by atoms with Gasteiger partial charge in [-0.15, -0.1) is 0 Å². The normalized spacial score (nSPS) is 15.8. The van der Waals surface area contributed by atoms with E-state index >= 15 is 0 Å². The van der Waals surface area contributed by atoms with Gasteiger partial charge >= 0.3 is 0 Å². The Morgan fingerprint density at radius 1 is 0.962 bits per heavy atom. The molecule has 144 valence electrons. The number of aryl methyl sites for hydroxylation is 1. The number of amides is 2. The highest BCUT2D eigenvalue weighted by Crippen LogP contribution is 2.17. The summed E-state index contributed by atoms with van der Waals surface area (Å²) in [6, 6.07) is 10.3. The van der Waals surface area contributed by atoms with Crippen molar-refractivity contribution in [1.29, 1.82) is 0 Å². The number of hydrogen-bond donors (Lipinski definition) is 0. The van der Waals surface area contributed by atoms with Crippen LogP contribution in [0, 0.1) is 5.92 Å². The van der Waals surface area contributed by atoms with Crippen molar-refractivity contribution in [2.24, 2.45) is 5.92 Å². The van der Waals surface area contributed by atoms with E-state index in [1.54, 1.807) is 0 Å². The molecule has 1 aliphatic heterocycles. The van der Waals surface area contributed by atoms with Gasteiger partial charge in [0.05, 0.1) is 0 Å². The van der Waals surface area contributed by atoms with Gasteiger partial charge in [-0.25, -0.2) is 0 Å². The quantitative estimate of drug-likeness (QED) is 0.672. The van der Waals surface area contributed by atoms with E-state index in [0.717, 1.165) is 38.5 Å². The summed E-state index contributed by atoms with van der Waals surface area (Å²) in [4.78, 5) is 29.0. The first-order chi connectivity index (χ1) is 12.7. The summed E-state index contributed by atoms with van der Waals surface area (Å²) < 4.78 is 0. The molecule has 1 heterocycles. The molecule has 1 aliphatic rings. The van der Waals surface area contributed by atoms with Crippen LogP contribution in [-0.2, 0) is 16.0 Å². The molecule has 4 heteroatoms. The van der Waals surface area contributed by atoms with Gasteiger partial charge in [0.15, 0.2) is 0 Å². The minimum absolute atomic E-state index is 0.156. The fraction of sp³-hybridized carbons (Fsp3) is 0.636. The van der Waals surface area contributed by atoms with Crippen LogP contribution in [0.25, 0.3) is 0 Å². The molecule has 1 atom stereocenters. The fourth-order valence-corrected chi connectivity index (χ4v) is 3.63. The Kier molecular flexibility index (Phi) is 8.66. The van der Waals surface area contributed by atoms with E-state index in [1.165, 1.54) is 5.56 Å². The lowest BCUT2D eigenvalue weighted by Gasteiger charge is -2.36. The van der Waals surface area contributed by atoms with Crippen LogP contribution in [0.5, 0.6) is 0 Å². The molecule has 2 amide bonds. The maximum Gasteiger partial charge on any atom is 0.225 e. The smallest absolute Gasteiger partial charge is 0.225 e. The number of hydrogen-bond acceptors (Lipinski definition) is 2. The summed E-state index contributed by atoms with van der Waals surface area (Å²) in [5.74, 6) is 0.672. The van der Waals surface area contributed by atoms with Crippen LogP contribution in [0.2, 0.25) is 0 Å². The zero-order valence-corrected chi connectivity index (χ0v) is 16.5. The number of unbranched alkanes of at least 4 members (excludes halogenated alkanes) is 1. The van der Waals surface area contributed by atoms with E-state index in [4.69, 9.17) is 0 Å². The van der Waals surface area contributed by atoms with Gasteiger partial charge in [0, 0.05) is 38.5 Å². The molecule has 26 heavy (non-hydrogen) atoms. The Labute approximate surface area is 158 Å². The fourth-order valence-electron chi connectivity index (χ4n) is 3.63. The summed E-state index contributed by atoms with van der Waals surface area (Å²) in [7, 11) is 0. The van der Waals surface area contributed by atoms with E-state index in [-0.39, 0.29) is 17.7 Å². The molecule has 2 rings (SSSR count). The zero-order valence-electron chi connectivity index (χ0n) is 16.5. The van der Waals surface area contributed by atoms with Crippen molar-refractivity contribution in [3.05, 3.63) is 35.9 Å². The maximum absolute atomic E-state index is 12.7. The number of carbonyl (C=O) groups is 2. The standard InChI is InChI=1S/C22H34N2O2/c1-3-5-13-20(4-2)22(26)24-17-15-23(16-18-24)21(25)14-9-12-19-10-7-6-8-11-19/h6-8,10-11,20H,3-5,9,12-18H2,1-2H3. The van der Waals surface area contributed by atoms with Crippen LogP contribution >= 0.6 is 0 Å². The van der Waals surface area contributed by atoms with E-state index < -0.39 is 0 Å². The maximum atomic E-state index is 12.7. The molecule has 1 unspecified atom stereocenters. The van der Waals surface area contributed by atoms with Gasteiger partial charge in [-0.3, -0.25) is 9.59 Å². The zero-order chi connectivity index (χ0) is 18.8. The van der Waals surface area contributed by atoms with Crippen molar-refractivity contribution in [2.75, 3.05) is 26.2 Å². The number of benzene rings is 1. The molecule has 1 saturated heterocycles. The Balaban J connectivity index is 1.71. The van der Waals surface area contributed by atoms with Crippen molar-refractivity contribution >= 4 is 11.8 Å². The van der Waals surface area contributed by atoms with Gasteiger partial charge in [0.1, 0.15) is 0 Å². The van der Waals surface area contributed by atoms with E-state index in [0.29, 0.717) is 32.6 Å². The minimum Gasteiger partial charge on any atom is -0.339 e. The van der Waals surface area contributed by atoms with Crippen molar-refractivity contribution in [2.45, 2.75) is 58.8 Å². The van der Waals surface area contributed by atoms with Crippen LogP contribution in [0.1, 0.15) is 57.9 Å². The Bertz CT molecular complexity index is 551. The molecular weight excluding hydrogens is 324 g/mol. The highest BCUT2D eigenvalue weighted by molar-refractivity contribution is 5.80. The van der Waals surface area contributed by atoms with Gasteiger partial charge < -0.3 is 9.80 Å². The highest BCUT2D eigenvalue weighted by atomic mass is 16.2. The molecule has 0 spiro atoms. The van der Waals surface area contributed by atoms with E-state index in [1.807, 2.05) is 28.0 Å². The Hall–Kier alpha value is -1.84. The topological polar surface area (TPSA) is 40.6 Å². The third-order valence-corrected chi connectivity index (χ3v) is 5.39. The third-order valence-electron chi connectivity index (χ3n) is 5.39. The first-order valence-electron chi connectivity index (χ1n) is 10.3. The van der Waals surface area contributed by atoms with Crippen LogP contribution < -0.4 is 0 Å². The summed E-state index contributed by atoms with van der Waals surface area (Å²) in [5.41, 5.74) is 1.29. The molecule has 0 N–H and O–H groups in total. The average Bonchev–Trinajstić information content (AvgIpc) is 2.69. The number of piperazine rings is 1.